The molecule has 1 unspecified atom stereocenters. The fourth-order valence-corrected chi connectivity index (χ4v) is 5.14. The number of nitrogens with one attached hydrogen (secondary N) is 1. The number of fused-ring (bicyclic) bond motifs is 1. The maximum absolute atomic E-state index is 6.28. The second-order valence-corrected chi connectivity index (χ2v) is 9.24. The molecule has 0 heterocycles. The maximum atomic E-state index is 6.28. The number of nitrogens with zero attached hydrogens (tertiary/aromatic N) is 1. The van der Waals surface area contributed by atoms with E-state index in [1.807, 2.05) is 4.90 Å². The van der Waals surface area contributed by atoms with E-state index in [9.17, 15) is 0 Å². The van der Waals surface area contributed by atoms with Crippen LogP contribution in [0.1, 0.15) is 51.0 Å². The van der Waals surface area contributed by atoms with Gasteiger partial charge < -0.3 is 11.1 Å². The predicted molar refractivity (Wildman–Crippen MR) is 137 cm³/mol. The van der Waals surface area contributed by atoms with Gasteiger partial charge in [-0.3, -0.25) is 4.90 Å². The Morgan fingerprint density at radius 1 is 0.968 bits per heavy atom. The van der Waals surface area contributed by atoms with E-state index in [1.54, 1.807) is 0 Å². The molecule has 162 valence electrons. The molecule has 1 atom stereocenters. The molecule has 3 N–H and O–H groups in total. The highest BCUT2D eigenvalue weighted by atomic mass is 32.1. The fourth-order valence-electron chi connectivity index (χ4n) is 4.94. The Morgan fingerprint density at radius 2 is 1.65 bits per heavy atom. The van der Waals surface area contributed by atoms with Gasteiger partial charge >= 0.3 is 0 Å². The normalized spacial score (nSPS) is 15.6. The Balaban J connectivity index is 1.57. The van der Waals surface area contributed by atoms with Crippen LogP contribution < -0.4 is 16.0 Å². The summed E-state index contributed by atoms with van der Waals surface area (Å²) >= 11 is 5.53. The van der Waals surface area contributed by atoms with Crippen LogP contribution in [-0.2, 0) is 6.54 Å². The molecule has 0 aliphatic heterocycles. The number of benzene rings is 3. The second-order valence-electron chi connectivity index (χ2n) is 8.82. The zero-order chi connectivity index (χ0) is 21.6. The minimum absolute atomic E-state index is 0.360. The van der Waals surface area contributed by atoms with Crippen LogP contribution >= 0.6 is 12.2 Å². The van der Waals surface area contributed by atoms with Gasteiger partial charge in [0.2, 0.25) is 0 Å². The van der Waals surface area contributed by atoms with E-state index < -0.39 is 0 Å². The molecule has 1 aliphatic carbocycles. The molecule has 0 amide bonds. The monoisotopic (exact) mass is 431 g/mol. The molecule has 1 saturated carbocycles. The number of anilines is 2. The SMILES string of the molecule is CC(CC1CCCCC1)NCc1ccccc1N(C(N)=S)c1cccc2ccccc12. The van der Waals surface area contributed by atoms with Crippen LogP contribution in [0.25, 0.3) is 10.8 Å². The lowest BCUT2D eigenvalue weighted by Crippen LogP contribution is -2.33. The smallest absolute Gasteiger partial charge is 0.175 e. The molecule has 0 bridgehead atoms. The molecule has 3 nitrogen and oxygen atoms in total. The number of nitrogens with two attached hydrogens (primary N) is 1. The number of thiocarbonyl (C=S) groups is 1. The first kappa shape index (κ1) is 21.8. The largest absolute Gasteiger partial charge is 0.376 e. The van der Waals surface area contributed by atoms with Crippen LogP contribution in [0.15, 0.2) is 66.7 Å². The second kappa shape index (κ2) is 10.3. The van der Waals surface area contributed by atoms with Gasteiger partial charge in [-0.05, 0) is 54.6 Å². The standard InChI is InChI=1S/C27H33N3S/c1-20(18-21-10-3-2-4-11-21)29-19-23-13-6-8-16-25(23)30(27(28)31)26-17-9-14-22-12-5-7-15-24(22)26/h5-9,12-17,20-21,29H,2-4,10-11,18-19H2,1H3,(H2,28,31). The number of para-hydroxylation sites is 1. The third kappa shape index (κ3) is 5.25. The van der Waals surface area contributed by atoms with E-state index in [0.717, 1.165) is 29.2 Å². The molecule has 3 aromatic rings. The average Bonchev–Trinajstić information content (AvgIpc) is 2.79. The fraction of sp³-hybridized carbons (Fsp3) is 0.370. The van der Waals surface area contributed by atoms with Crippen LogP contribution in [0.3, 0.4) is 0 Å². The van der Waals surface area contributed by atoms with Gasteiger partial charge in [0.05, 0.1) is 11.4 Å². The first-order chi connectivity index (χ1) is 15.1. The van der Waals surface area contributed by atoms with E-state index in [2.05, 4.69) is 79.0 Å². The Bertz CT molecular complexity index is 1020. The van der Waals surface area contributed by atoms with E-state index in [-0.39, 0.29) is 0 Å². The van der Waals surface area contributed by atoms with E-state index in [0.29, 0.717) is 11.2 Å². The van der Waals surface area contributed by atoms with Crippen molar-refractivity contribution in [1.29, 1.82) is 0 Å². The molecular formula is C27H33N3S. The quantitative estimate of drug-likeness (QED) is 0.410. The van der Waals surface area contributed by atoms with Crippen molar-refractivity contribution in [2.45, 2.75) is 58.0 Å². The maximum Gasteiger partial charge on any atom is 0.175 e. The van der Waals surface area contributed by atoms with Crippen LogP contribution in [0.5, 0.6) is 0 Å². The summed E-state index contributed by atoms with van der Waals surface area (Å²) in [7, 11) is 0. The Hall–Kier alpha value is -2.43. The summed E-state index contributed by atoms with van der Waals surface area (Å²) < 4.78 is 0. The van der Waals surface area contributed by atoms with Crippen LogP contribution in [-0.4, -0.2) is 11.2 Å². The molecule has 0 radical (unpaired) electrons. The van der Waals surface area contributed by atoms with Crippen molar-refractivity contribution in [3.05, 3.63) is 72.3 Å². The lowest BCUT2D eigenvalue weighted by molar-refractivity contribution is 0.305. The first-order valence-corrected chi connectivity index (χ1v) is 11.9. The third-order valence-electron chi connectivity index (χ3n) is 6.51. The molecule has 31 heavy (non-hydrogen) atoms. The summed E-state index contributed by atoms with van der Waals surface area (Å²) in [5, 5.41) is 6.44. The molecule has 0 saturated heterocycles. The van der Waals surface area contributed by atoms with Crippen molar-refractivity contribution < 1.29 is 0 Å². The lowest BCUT2D eigenvalue weighted by atomic mass is 9.85. The number of rotatable bonds is 7. The summed E-state index contributed by atoms with van der Waals surface area (Å²) in [6.45, 7) is 3.11. The Labute approximate surface area is 191 Å². The minimum Gasteiger partial charge on any atom is -0.376 e. The topological polar surface area (TPSA) is 41.3 Å². The van der Waals surface area contributed by atoms with Gasteiger partial charge in [-0.15, -0.1) is 0 Å². The minimum atomic E-state index is 0.360. The van der Waals surface area contributed by atoms with Gasteiger partial charge in [-0.25, -0.2) is 0 Å². The molecule has 4 rings (SSSR count). The summed E-state index contributed by atoms with van der Waals surface area (Å²) in [6, 6.07) is 23.6. The van der Waals surface area contributed by atoms with Crippen molar-refractivity contribution in [2.75, 3.05) is 4.90 Å². The van der Waals surface area contributed by atoms with Gasteiger partial charge in [0.25, 0.3) is 0 Å². The molecular weight excluding hydrogens is 398 g/mol. The van der Waals surface area contributed by atoms with Crippen LogP contribution in [0.2, 0.25) is 0 Å². The van der Waals surface area contributed by atoms with Crippen molar-refractivity contribution >= 4 is 39.5 Å². The van der Waals surface area contributed by atoms with Crippen molar-refractivity contribution in [3.63, 3.8) is 0 Å². The molecule has 0 aromatic heterocycles. The highest BCUT2D eigenvalue weighted by Crippen LogP contribution is 2.34. The van der Waals surface area contributed by atoms with Crippen molar-refractivity contribution in [3.8, 4) is 0 Å². The van der Waals surface area contributed by atoms with Gasteiger partial charge in [0.15, 0.2) is 5.11 Å². The predicted octanol–water partition coefficient (Wildman–Crippen LogP) is 6.67. The van der Waals surface area contributed by atoms with Gasteiger partial charge in [-0.1, -0.05) is 86.7 Å². The summed E-state index contributed by atoms with van der Waals surface area (Å²) in [6.07, 6.45) is 8.24. The highest BCUT2D eigenvalue weighted by molar-refractivity contribution is 7.80. The van der Waals surface area contributed by atoms with Crippen molar-refractivity contribution in [2.24, 2.45) is 11.7 Å². The van der Waals surface area contributed by atoms with E-state index in [4.69, 9.17) is 18.0 Å². The Kier molecular flexibility index (Phi) is 7.21. The average molecular weight is 432 g/mol. The van der Waals surface area contributed by atoms with Crippen molar-refractivity contribution in [1.82, 2.24) is 5.32 Å². The summed E-state index contributed by atoms with van der Waals surface area (Å²) in [5.41, 5.74) is 9.55. The van der Waals surface area contributed by atoms with Gasteiger partial charge in [-0.2, -0.15) is 0 Å². The molecule has 3 aromatic carbocycles. The molecule has 0 spiro atoms. The lowest BCUT2D eigenvalue weighted by Gasteiger charge is -2.28. The highest BCUT2D eigenvalue weighted by Gasteiger charge is 2.19. The van der Waals surface area contributed by atoms with Gasteiger partial charge in [0, 0.05) is 18.0 Å². The Morgan fingerprint density at radius 3 is 2.45 bits per heavy atom. The third-order valence-corrected chi connectivity index (χ3v) is 6.70. The zero-order valence-corrected chi connectivity index (χ0v) is 19.2. The molecule has 1 fully saturated rings. The number of hydrogen-bond acceptors (Lipinski definition) is 2. The molecule has 1 aliphatic rings. The summed E-state index contributed by atoms with van der Waals surface area (Å²) in [5.74, 6) is 0.871. The van der Waals surface area contributed by atoms with Gasteiger partial charge in [0.1, 0.15) is 0 Å². The van der Waals surface area contributed by atoms with Crippen LogP contribution in [0.4, 0.5) is 11.4 Å². The summed E-state index contributed by atoms with van der Waals surface area (Å²) in [4.78, 5) is 2.01. The van der Waals surface area contributed by atoms with E-state index in [1.165, 1.54) is 49.5 Å². The number of hydrogen-bond donors (Lipinski definition) is 2. The van der Waals surface area contributed by atoms with E-state index >= 15 is 0 Å². The zero-order valence-electron chi connectivity index (χ0n) is 18.4. The first-order valence-electron chi connectivity index (χ1n) is 11.5. The molecule has 4 heteroatoms. The van der Waals surface area contributed by atoms with Crippen LogP contribution in [0, 0.1) is 5.92 Å².